The molecule has 3 aromatic rings. The highest BCUT2D eigenvalue weighted by Gasteiger charge is 2.31. The summed E-state index contributed by atoms with van der Waals surface area (Å²) in [5.74, 6) is -0.823. The van der Waals surface area contributed by atoms with Crippen molar-refractivity contribution in [3.8, 4) is 0 Å². The minimum Gasteiger partial charge on any atom is -0.368 e. The molecule has 9 heteroatoms. The highest BCUT2D eigenvalue weighted by molar-refractivity contribution is 7.89. The van der Waals surface area contributed by atoms with Gasteiger partial charge < -0.3 is 9.80 Å². The van der Waals surface area contributed by atoms with Gasteiger partial charge in [-0.2, -0.15) is 4.72 Å². The molecular weight excluding hydrogens is 489 g/mol. The minimum atomic E-state index is -4.03. The fourth-order valence-electron chi connectivity index (χ4n) is 4.21. The third kappa shape index (κ3) is 6.20. The van der Waals surface area contributed by atoms with Gasteiger partial charge >= 0.3 is 0 Å². The van der Waals surface area contributed by atoms with E-state index in [1.54, 1.807) is 4.90 Å². The largest absolute Gasteiger partial charge is 0.368 e. The van der Waals surface area contributed by atoms with E-state index in [-0.39, 0.29) is 17.2 Å². The van der Waals surface area contributed by atoms with Gasteiger partial charge in [-0.1, -0.05) is 48.0 Å². The summed E-state index contributed by atoms with van der Waals surface area (Å²) in [6, 6.07) is 18.5. The number of nitrogens with one attached hydrogen (secondary N) is 1. The van der Waals surface area contributed by atoms with Crippen molar-refractivity contribution in [1.82, 2.24) is 9.62 Å². The summed E-state index contributed by atoms with van der Waals surface area (Å²) in [6.45, 7) is 4.14. The zero-order chi connectivity index (χ0) is 25.0. The summed E-state index contributed by atoms with van der Waals surface area (Å²) in [6.07, 6.45) is 0.202. The Morgan fingerprint density at radius 3 is 2.31 bits per heavy atom. The van der Waals surface area contributed by atoms with E-state index in [1.165, 1.54) is 12.1 Å². The van der Waals surface area contributed by atoms with Gasteiger partial charge in [0, 0.05) is 36.9 Å². The standard InChI is InChI=1S/C26H27ClFN3O3S/c1-19-7-8-21(27)18-25(19)30-13-15-31(16-14-30)26(32)24(17-20-5-3-2-4-6-20)29-35(33,34)23-11-9-22(28)10-12-23/h2-12,18,24,29H,13-17H2,1H3. The predicted octanol–water partition coefficient (Wildman–Crippen LogP) is 4.03. The number of halogens is 2. The van der Waals surface area contributed by atoms with Crippen molar-refractivity contribution < 1.29 is 17.6 Å². The molecule has 1 unspecified atom stereocenters. The Morgan fingerprint density at radius 1 is 1.00 bits per heavy atom. The maximum atomic E-state index is 13.5. The Morgan fingerprint density at radius 2 is 1.66 bits per heavy atom. The molecule has 184 valence electrons. The van der Waals surface area contributed by atoms with Crippen LogP contribution in [-0.2, 0) is 21.2 Å². The van der Waals surface area contributed by atoms with E-state index in [0.29, 0.717) is 31.2 Å². The Hall–Kier alpha value is -2.94. The predicted molar refractivity (Wildman–Crippen MR) is 136 cm³/mol. The zero-order valence-electron chi connectivity index (χ0n) is 19.3. The number of hydrogen-bond acceptors (Lipinski definition) is 4. The number of carbonyl (C=O) groups excluding carboxylic acids is 1. The van der Waals surface area contributed by atoms with Gasteiger partial charge in [-0.05, 0) is 60.9 Å². The molecule has 0 spiro atoms. The van der Waals surface area contributed by atoms with Crippen molar-refractivity contribution >= 4 is 33.2 Å². The highest BCUT2D eigenvalue weighted by Crippen LogP contribution is 2.25. The van der Waals surface area contributed by atoms with Crippen molar-refractivity contribution in [1.29, 1.82) is 0 Å². The molecule has 1 aliphatic rings. The number of sulfonamides is 1. The van der Waals surface area contributed by atoms with Crippen LogP contribution < -0.4 is 9.62 Å². The van der Waals surface area contributed by atoms with Gasteiger partial charge in [0.1, 0.15) is 11.9 Å². The van der Waals surface area contributed by atoms with Crippen LogP contribution in [0.3, 0.4) is 0 Å². The molecule has 0 saturated carbocycles. The van der Waals surface area contributed by atoms with Crippen molar-refractivity contribution in [3.05, 3.63) is 94.8 Å². The Labute approximate surface area is 210 Å². The lowest BCUT2D eigenvalue weighted by Crippen LogP contribution is -2.55. The lowest BCUT2D eigenvalue weighted by atomic mass is 10.1. The fraction of sp³-hybridized carbons (Fsp3) is 0.269. The number of aryl methyl sites for hydroxylation is 1. The number of rotatable bonds is 7. The Kier molecular flexibility index (Phi) is 7.74. The van der Waals surface area contributed by atoms with Crippen LogP contribution in [0.25, 0.3) is 0 Å². The number of piperazine rings is 1. The normalized spacial score (nSPS) is 15.2. The molecule has 0 aromatic heterocycles. The van der Waals surface area contributed by atoms with Crippen LogP contribution in [0.4, 0.5) is 10.1 Å². The molecule has 1 heterocycles. The Balaban J connectivity index is 1.51. The zero-order valence-corrected chi connectivity index (χ0v) is 20.9. The van der Waals surface area contributed by atoms with Gasteiger partial charge in [0.15, 0.2) is 0 Å². The van der Waals surface area contributed by atoms with E-state index in [9.17, 15) is 17.6 Å². The van der Waals surface area contributed by atoms with Crippen molar-refractivity contribution in [2.45, 2.75) is 24.3 Å². The number of carbonyl (C=O) groups is 1. The van der Waals surface area contributed by atoms with Gasteiger partial charge in [0.2, 0.25) is 15.9 Å². The molecule has 1 atom stereocenters. The van der Waals surface area contributed by atoms with Crippen LogP contribution in [0.2, 0.25) is 5.02 Å². The molecule has 35 heavy (non-hydrogen) atoms. The number of anilines is 1. The molecule has 3 aromatic carbocycles. The van der Waals surface area contributed by atoms with E-state index < -0.39 is 21.9 Å². The van der Waals surface area contributed by atoms with E-state index in [4.69, 9.17) is 11.6 Å². The first kappa shape index (κ1) is 25.2. The van der Waals surface area contributed by atoms with E-state index in [0.717, 1.165) is 28.9 Å². The van der Waals surface area contributed by atoms with Crippen LogP contribution in [0.1, 0.15) is 11.1 Å². The average Bonchev–Trinajstić information content (AvgIpc) is 2.85. The van der Waals surface area contributed by atoms with E-state index >= 15 is 0 Å². The number of hydrogen-bond donors (Lipinski definition) is 1. The van der Waals surface area contributed by atoms with Gasteiger partial charge in [0.05, 0.1) is 4.90 Å². The minimum absolute atomic E-state index is 0.0917. The number of nitrogens with zero attached hydrogens (tertiary/aromatic N) is 2. The van der Waals surface area contributed by atoms with Crippen molar-refractivity contribution in [2.24, 2.45) is 0 Å². The second-order valence-corrected chi connectivity index (χ2v) is 10.7. The highest BCUT2D eigenvalue weighted by atomic mass is 35.5. The molecule has 4 rings (SSSR count). The molecule has 1 aliphatic heterocycles. The third-order valence-corrected chi connectivity index (χ3v) is 7.83. The maximum absolute atomic E-state index is 13.5. The third-order valence-electron chi connectivity index (χ3n) is 6.11. The molecule has 1 N–H and O–H groups in total. The molecule has 0 aliphatic carbocycles. The van der Waals surface area contributed by atoms with Gasteiger partial charge in [-0.25, -0.2) is 12.8 Å². The monoisotopic (exact) mass is 515 g/mol. The van der Waals surface area contributed by atoms with Gasteiger partial charge in [0.25, 0.3) is 0 Å². The summed E-state index contributed by atoms with van der Waals surface area (Å²) < 4.78 is 41.9. The first-order valence-electron chi connectivity index (χ1n) is 11.3. The van der Waals surface area contributed by atoms with Crippen LogP contribution in [0.15, 0.2) is 77.7 Å². The maximum Gasteiger partial charge on any atom is 0.241 e. The molecule has 1 fully saturated rings. The SMILES string of the molecule is Cc1ccc(Cl)cc1N1CCN(C(=O)C(Cc2ccccc2)NS(=O)(=O)c2ccc(F)cc2)CC1. The lowest BCUT2D eigenvalue weighted by molar-refractivity contribution is -0.133. The molecule has 0 radical (unpaired) electrons. The van der Waals surface area contributed by atoms with Crippen molar-refractivity contribution in [2.75, 3.05) is 31.1 Å². The molecular formula is C26H27ClFN3O3S. The topological polar surface area (TPSA) is 69.7 Å². The second-order valence-electron chi connectivity index (χ2n) is 8.56. The Bertz CT molecular complexity index is 1280. The van der Waals surface area contributed by atoms with Crippen LogP contribution >= 0.6 is 11.6 Å². The van der Waals surface area contributed by atoms with Gasteiger partial charge in [-0.3, -0.25) is 4.79 Å². The summed E-state index contributed by atoms with van der Waals surface area (Å²) in [7, 11) is -4.03. The molecule has 6 nitrogen and oxygen atoms in total. The molecule has 0 bridgehead atoms. The fourth-order valence-corrected chi connectivity index (χ4v) is 5.57. The molecule has 1 saturated heterocycles. The quantitative estimate of drug-likeness (QED) is 0.516. The first-order chi connectivity index (χ1) is 16.7. The van der Waals surface area contributed by atoms with Crippen molar-refractivity contribution in [3.63, 3.8) is 0 Å². The summed E-state index contributed by atoms with van der Waals surface area (Å²) in [4.78, 5) is 17.3. The number of amides is 1. The molecule has 1 amide bonds. The van der Waals surface area contributed by atoms with Crippen LogP contribution in [0.5, 0.6) is 0 Å². The number of benzene rings is 3. The van der Waals surface area contributed by atoms with E-state index in [2.05, 4.69) is 9.62 Å². The first-order valence-corrected chi connectivity index (χ1v) is 13.2. The smallest absolute Gasteiger partial charge is 0.241 e. The summed E-state index contributed by atoms with van der Waals surface area (Å²) in [5.41, 5.74) is 2.96. The lowest BCUT2D eigenvalue weighted by Gasteiger charge is -2.38. The summed E-state index contributed by atoms with van der Waals surface area (Å²) in [5, 5.41) is 0.655. The van der Waals surface area contributed by atoms with Crippen LogP contribution in [0, 0.1) is 12.7 Å². The van der Waals surface area contributed by atoms with E-state index in [1.807, 2.05) is 55.5 Å². The second kappa shape index (κ2) is 10.8. The van der Waals surface area contributed by atoms with Gasteiger partial charge in [-0.15, -0.1) is 0 Å². The summed E-state index contributed by atoms with van der Waals surface area (Å²) >= 11 is 6.18. The van der Waals surface area contributed by atoms with Crippen LogP contribution in [-0.4, -0.2) is 51.4 Å². The average molecular weight is 516 g/mol.